The molecule has 0 atom stereocenters. The largest absolute Gasteiger partial charge is 0.377 e. The van der Waals surface area contributed by atoms with E-state index in [9.17, 15) is 18.9 Å². The molecule has 0 aliphatic rings. The van der Waals surface area contributed by atoms with Crippen LogP contribution in [-0.4, -0.2) is 14.7 Å². The van der Waals surface area contributed by atoms with Crippen LogP contribution in [0.4, 0.5) is 20.2 Å². The Morgan fingerprint density at radius 2 is 2.14 bits per heavy atom. The summed E-state index contributed by atoms with van der Waals surface area (Å²) in [7, 11) is 0. The van der Waals surface area contributed by atoms with Crippen LogP contribution in [0, 0.1) is 21.7 Å². The Kier molecular flexibility index (Phi) is 4.46. The number of nitro benzene ring substituents is 1. The molecule has 0 saturated carbocycles. The number of nitro groups is 1. The molecule has 0 aliphatic heterocycles. The lowest BCUT2D eigenvalue weighted by atomic mass is 10.2. The summed E-state index contributed by atoms with van der Waals surface area (Å²) in [6.07, 6.45) is 2.52. The first-order valence-corrected chi connectivity index (χ1v) is 6.41. The zero-order valence-electron chi connectivity index (χ0n) is 11.3. The maximum Gasteiger partial charge on any atom is 0.307 e. The van der Waals surface area contributed by atoms with E-state index in [0.717, 1.165) is 24.7 Å². The Morgan fingerprint density at radius 3 is 2.81 bits per heavy atom. The van der Waals surface area contributed by atoms with E-state index in [-0.39, 0.29) is 12.2 Å². The number of nitrogens with zero attached hydrogens (tertiary/aromatic N) is 3. The zero-order chi connectivity index (χ0) is 15.4. The van der Waals surface area contributed by atoms with Crippen LogP contribution >= 0.6 is 0 Å². The third kappa shape index (κ3) is 3.33. The van der Waals surface area contributed by atoms with Crippen molar-refractivity contribution in [1.82, 2.24) is 9.78 Å². The van der Waals surface area contributed by atoms with E-state index >= 15 is 0 Å². The quantitative estimate of drug-likeness (QED) is 0.656. The summed E-state index contributed by atoms with van der Waals surface area (Å²) >= 11 is 0. The van der Waals surface area contributed by atoms with E-state index in [1.165, 1.54) is 0 Å². The molecule has 1 aromatic carbocycles. The van der Waals surface area contributed by atoms with Gasteiger partial charge < -0.3 is 5.32 Å². The van der Waals surface area contributed by atoms with E-state index in [1.807, 2.05) is 6.92 Å². The molecule has 112 valence electrons. The van der Waals surface area contributed by atoms with Crippen LogP contribution in [0.5, 0.6) is 0 Å². The third-order valence-corrected chi connectivity index (χ3v) is 2.93. The average Bonchev–Trinajstić information content (AvgIpc) is 2.85. The Bertz CT molecular complexity index is 658. The van der Waals surface area contributed by atoms with Crippen molar-refractivity contribution in [2.45, 2.75) is 26.4 Å². The van der Waals surface area contributed by atoms with Crippen molar-refractivity contribution in [3.8, 4) is 0 Å². The highest BCUT2D eigenvalue weighted by atomic mass is 19.1. The van der Waals surface area contributed by atoms with Gasteiger partial charge in [-0.2, -0.15) is 9.49 Å². The predicted molar refractivity (Wildman–Crippen MR) is 72.9 cm³/mol. The van der Waals surface area contributed by atoms with Crippen molar-refractivity contribution in [2.75, 3.05) is 5.32 Å². The topological polar surface area (TPSA) is 73.0 Å². The molecule has 0 fully saturated rings. The minimum Gasteiger partial charge on any atom is -0.377 e. The van der Waals surface area contributed by atoms with Gasteiger partial charge >= 0.3 is 5.69 Å². The number of aromatic nitrogens is 2. The standard InChI is InChI=1S/C13H14F2N4O2/c1-2-5-18-9(3-4-17-18)8-16-12-7-13(19(20)21)11(15)6-10(12)14/h3-4,6-7,16H,2,5,8H2,1H3. The van der Waals surface area contributed by atoms with Gasteiger partial charge in [-0.25, -0.2) is 4.39 Å². The second kappa shape index (κ2) is 6.29. The van der Waals surface area contributed by atoms with Gasteiger partial charge in [0.25, 0.3) is 0 Å². The van der Waals surface area contributed by atoms with E-state index in [0.29, 0.717) is 6.07 Å². The summed E-state index contributed by atoms with van der Waals surface area (Å²) < 4.78 is 28.6. The van der Waals surface area contributed by atoms with Gasteiger partial charge in [-0.1, -0.05) is 6.92 Å². The lowest BCUT2D eigenvalue weighted by molar-refractivity contribution is -0.387. The second-order valence-corrected chi connectivity index (χ2v) is 4.44. The highest BCUT2D eigenvalue weighted by molar-refractivity contribution is 5.53. The van der Waals surface area contributed by atoms with Crippen molar-refractivity contribution >= 4 is 11.4 Å². The molecule has 0 aliphatic carbocycles. The zero-order valence-corrected chi connectivity index (χ0v) is 11.3. The number of rotatable bonds is 6. The SMILES string of the molecule is CCCn1nccc1CNc1cc([N+](=O)[O-])c(F)cc1F. The lowest BCUT2D eigenvalue weighted by Gasteiger charge is -2.10. The Balaban J connectivity index is 2.18. The van der Waals surface area contributed by atoms with Gasteiger partial charge in [0.05, 0.1) is 22.8 Å². The van der Waals surface area contributed by atoms with Crippen molar-refractivity contribution in [3.63, 3.8) is 0 Å². The van der Waals surface area contributed by atoms with Gasteiger partial charge in [0.1, 0.15) is 5.82 Å². The average molecular weight is 296 g/mol. The van der Waals surface area contributed by atoms with Gasteiger partial charge in [0.15, 0.2) is 0 Å². The molecule has 1 N–H and O–H groups in total. The fourth-order valence-electron chi connectivity index (χ4n) is 1.92. The highest BCUT2D eigenvalue weighted by Gasteiger charge is 2.18. The second-order valence-electron chi connectivity index (χ2n) is 4.44. The molecule has 0 saturated heterocycles. The minimum atomic E-state index is -1.20. The molecule has 0 unspecified atom stereocenters. The fraction of sp³-hybridized carbons (Fsp3) is 0.308. The molecule has 0 bridgehead atoms. The first kappa shape index (κ1) is 14.9. The molecule has 2 aromatic rings. The molecule has 2 rings (SSSR count). The number of hydrogen-bond donors (Lipinski definition) is 1. The molecule has 21 heavy (non-hydrogen) atoms. The summed E-state index contributed by atoms with van der Waals surface area (Å²) in [5.41, 5.74) is -0.0726. The van der Waals surface area contributed by atoms with Crippen molar-refractivity contribution < 1.29 is 13.7 Å². The van der Waals surface area contributed by atoms with Crippen LogP contribution in [-0.2, 0) is 13.1 Å². The van der Waals surface area contributed by atoms with E-state index < -0.39 is 22.2 Å². The molecule has 0 radical (unpaired) electrons. The fourth-order valence-corrected chi connectivity index (χ4v) is 1.92. The monoisotopic (exact) mass is 296 g/mol. The van der Waals surface area contributed by atoms with Gasteiger partial charge in [-0.05, 0) is 12.5 Å². The van der Waals surface area contributed by atoms with Crippen LogP contribution in [0.2, 0.25) is 0 Å². The third-order valence-electron chi connectivity index (χ3n) is 2.93. The van der Waals surface area contributed by atoms with Crippen molar-refractivity contribution in [2.24, 2.45) is 0 Å². The maximum absolute atomic E-state index is 13.6. The summed E-state index contributed by atoms with van der Waals surface area (Å²) in [6, 6.07) is 3.12. The number of aryl methyl sites for hydroxylation is 1. The summed E-state index contributed by atoms with van der Waals surface area (Å²) in [5.74, 6) is -2.07. The molecular weight excluding hydrogens is 282 g/mol. The maximum atomic E-state index is 13.6. The molecule has 0 amide bonds. The number of nitrogens with one attached hydrogen (secondary N) is 1. The van der Waals surface area contributed by atoms with Gasteiger partial charge in [0, 0.05) is 24.9 Å². The Hall–Kier alpha value is -2.51. The van der Waals surface area contributed by atoms with Crippen molar-refractivity contribution in [1.29, 1.82) is 0 Å². The normalized spacial score (nSPS) is 10.6. The lowest BCUT2D eigenvalue weighted by Crippen LogP contribution is -2.10. The van der Waals surface area contributed by atoms with E-state index in [4.69, 9.17) is 0 Å². The molecule has 0 spiro atoms. The van der Waals surface area contributed by atoms with Crippen LogP contribution < -0.4 is 5.32 Å². The number of halogens is 2. The van der Waals surface area contributed by atoms with Crippen LogP contribution in [0.15, 0.2) is 24.4 Å². The molecule has 6 nitrogen and oxygen atoms in total. The van der Waals surface area contributed by atoms with Gasteiger partial charge in [-0.3, -0.25) is 14.8 Å². The van der Waals surface area contributed by atoms with Crippen LogP contribution in [0.25, 0.3) is 0 Å². The minimum absolute atomic E-state index is 0.118. The van der Waals surface area contributed by atoms with Gasteiger partial charge in [0.2, 0.25) is 5.82 Å². The van der Waals surface area contributed by atoms with Crippen LogP contribution in [0.1, 0.15) is 19.0 Å². The Labute approximate surface area is 119 Å². The smallest absolute Gasteiger partial charge is 0.307 e. The number of hydrogen-bond acceptors (Lipinski definition) is 4. The number of benzene rings is 1. The summed E-state index contributed by atoms with van der Waals surface area (Å²) in [5, 5.41) is 17.5. The summed E-state index contributed by atoms with van der Waals surface area (Å²) in [4.78, 5) is 9.77. The molecule has 8 heteroatoms. The first-order chi connectivity index (χ1) is 10.0. The molecular formula is C13H14F2N4O2. The van der Waals surface area contributed by atoms with E-state index in [2.05, 4.69) is 10.4 Å². The van der Waals surface area contributed by atoms with Gasteiger partial charge in [-0.15, -0.1) is 0 Å². The summed E-state index contributed by atoms with van der Waals surface area (Å²) in [6.45, 7) is 2.96. The molecule has 1 heterocycles. The predicted octanol–water partition coefficient (Wildman–Crippen LogP) is 3.09. The molecule has 1 aromatic heterocycles. The highest BCUT2D eigenvalue weighted by Crippen LogP contribution is 2.25. The van der Waals surface area contributed by atoms with E-state index in [1.54, 1.807) is 16.9 Å². The number of anilines is 1. The Morgan fingerprint density at radius 1 is 1.38 bits per heavy atom. The van der Waals surface area contributed by atoms with Crippen molar-refractivity contribution in [3.05, 3.63) is 51.8 Å². The van der Waals surface area contributed by atoms with Crippen LogP contribution in [0.3, 0.4) is 0 Å². The first-order valence-electron chi connectivity index (χ1n) is 6.41.